The van der Waals surface area contributed by atoms with Gasteiger partial charge in [0.05, 0.1) is 18.3 Å². The van der Waals surface area contributed by atoms with E-state index in [0.717, 1.165) is 69.6 Å². The van der Waals surface area contributed by atoms with E-state index >= 15 is 0 Å². The van der Waals surface area contributed by atoms with E-state index in [-0.39, 0.29) is 24.6 Å². The average molecular weight is 526 g/mol. The molecule has 1 saturated heterocycles. The minimum Gasteiger partial charge on any atom is -0.481 e. The van der Waals surface area contributed by atoms with Gasteiger partial charge in [-0.1, -0.05) is 6.07 Å². The van der Waals surface area contributed by atoms with Crippen molar-refractivity contribution in [3.05, 3.63) is 65.5 Å². The molecule has 38 heavy (non-hydrogen) atoms. The number of benzene rings is 1. The van der Waals surface area contributed by atoms with Crippen molar-refractivity contribution in [2.24, 2.45) is 11.3 Å². The van der Waals surface area contributed by atoms with Gasteiger partial charge in [0.15, 0.2) is 11.6 Å². The Hall–Kier alpha value is -3.89. The standard InChI is InChI=1S/C27H29F2N5O4/c28-20-3-1-18(13-21(20)29)14-23-32-33-26(38-23)25(37)31-19-2-4-22(30-16-19)34-11-9-27(10-12-34)7-5-17(6-8-27)15-24(35)36/h1-4,13,16-17H,5-12,14-15H2,(H,31,37)(H,35,36). The highest BCUT2D eigenvalue weighted by Crippen LogP contribution is 2.47. The molecule has 2 aliphatic rings. The minimum atomic E-state index is -0.972. The van der Waals surface area contributed by atoms with Gasteiger partial charge in [0, 0.05) is 19.5 Å². The Bertz CT molecular complexity index is 1300. The Labute approximate surface area is 218 Å². The van der Waals surface area contributed by atoms with Crippen molar-refractivity contribution in [3.63, 3.8) is 0 Å². The third-order valence-electron chi connectivity index (χ3n) is 7.78. The van der Waals surface area contributed by atoms with Crippen LogP contribution in [0.25, 0.3) is 0 Å². The van der Waals surface area contributed by atoms with Gasteiger partial charge >= 0.3 is 17.8 Å². The van der Waals surface area contributed by atoms with Gasteiger partial charge in [-0.15, -0.1) is 10.2 Å². The Morgan fingerprint density at radius 2 is 1.82 bits per heavy atom. The molecule has 0 radical (unpaired) electrons. The largest absolute Gasteiger partial charge is 0.481 e. The number of nitrogens with one attached hydrogen (secondary N) is 1. The van der Waals surface area contributed by atoms with Crippen LogP contribution in [0.3, 0.4) is 0 Å². The number of hydrogen-bond donors (Lipinski definition) is 2. The summed E-state index contributed by atoms with van der Waals surface area (Å²) in [7, 11) is 0. The summed E-state index contributed by atoms with van der Waals surface area (Å²) >= 11 is 0. The first-order chi connectivity index (χ1) is 18.3. The maximum absolute atomic E-state index is 13.4. The van der Waals surface area contributed by atoms with E-state index in [1.165, 1.54) is 6.07 Å². The summed E-state index contributed by atoms with van der Waals surface area (Å²) in [4.78, 5) is 30.3. The van der Waals surface area contributed by atoms with Gasteiger partial charge in [0.25, 0.3) is 0 Å². The molecular weight excluding hydrogens is 496 g/mol. The molecule has 2 N–H and O–H groups in total. The fourth-order valence-electron chi connectivity index (χ4n) is 5.52. The van der Waals surface area contributed by atoms with Gasteiger partial charge in [-0.25, -0.2) is 13.8 Å². The van der Waals surface area contributed by atoms with Crippen LogP contribution in [0.4, 0.5) is 20.3 Å². The Kier molecular flexibility index (Phi) is 7.35. The lowest BCUT2D eigenvalue weighted by molar-refractivity contribution is -0.138. The van der Waals surface area contributed by atoms with E-state index < -0.39 is 23.5 Å². The van der Waals surface area contributed by atoms with Gasteiger partial charge in [0.1, 0.15) is 5.82 Å². The van der Waals surface area contributed by atoms with E-state index in [9.17, 15) is 18.4 Å². The second-order valence-electron chi connectivity index (χ2n) is 10.3. The van der Waals surface area contributed by atoms with Crippen LogP contribution in [-0.4, -0.2) is 45.3 Å². The van der Waals surface area contributed by atoms with Crippen LogP contribution in [0.1, 0.15) is 67.1 Å². The van der Waals surface area contributed by atoms with Crippen molar-refractivity contribution in [1.82, 2.24) is 15.2 Å². The fourth-order valence-corrected chi connectivity index (χ4v) is 5.52. The van der Waals surface area contributed by atoms with Crippen LogP contribution in [0.5, 0.6) is 0 Å². The monoisotopic (exact) mass is 525 g/mol. The quantitative estimate of drug-likeness (QED) is 0.450. The topological polar surface area (TPSA) is 121 Å². The van der Waals surface area contributed by atoms with Crippen LogP contribution >= 0.6 is 0 Å². The molecule has 2 fully saturated rings. The Balaban J connectivity index is 1.12. The summed E-state index contributed by atoms with van der Waals surface area (Å²) in [6.45, 7) is 1.79. The van der Waals surface area contributed by atoms with Crippen molar-refractivity contribution in [3.8, 4) is 0 Å². The molecule has 3 aromatic rings. The summed E-state index contributed by atoms with van der Waals surface area (Å²) in [6, 6.07) is 7.09. The molecule has 1 amide bonds. The van der Waals surface area contributed by atoms with Gasteiger partial charge in [-0.05, 0) is 79.7 Å². The second kappa shape index (κ2) is 10.8. The summed E-state index contributed by atoms with van der Waals surface area (Å²) in [5.41, 5.74) is 1.23. The fraction of sp³-hybridized carbons (Fsp3) is 0.444. The predicted octanol–water partition coefficient (Wildman–Crippen LogP) is 4.84. The highest BCUT2D eigenvalue weighted by molar-refractivity contribution is 6.00. The number of aromatic nitrogens is 3. The second-order valence-corrected chi connectivity index (χ2v) is 10.3. The summed E-state index contributed by atoms with van der Waals surface area (Å²) in [5, 5.41) is 19.3. The first-order valence-electron chi connectivity index (χ1n) is 12.8. The van der Waals surface area contributed by atoms with E-state index in [1.807, 2.05) is 6.07 Å². The average Bonchev–Trinajstić information content (AvgIpc) is 3.37. The van der Waals surface area contributed by atoms with Gasteiger partial charge in [-0.2, -0.15) is 0 Å². The number of rotatable bonds is 7. The maximum Gasteiger partial charge on any atom is 0.313 e. The number of carboxylic acids is 1. The molecule has 1 aliphatic heterocycles. The molecule has 0 unspecified atom stereocenters. The molecule has 1 spiro atoms. The summed E-state index contributed by atoms with van der Waals surface area (Å²) in [6.07, 6.45) is 8.22. The molecule has 11 heteroatoms. The highest BCUT2D eigenvalue weighted by atomic mass is 19.2. The lowest BCUT2D eigenvalue weighted by atomic mass is 9.65. The molecular formula is C27H29F2N5O4. The molecule has 1 saturated carbocycles. The molecule has 0 atom stereocenters. The third kappa shape index (κ3) is 5.98. The van der Waals surface area contributed by atoms with Crippen LogP contribution in [-0.2, 0) is 11.2 Å². The molecule has 1 aliphatic carbocycles. The van der Waals surface area contributed by atoms with E-state index in [0.29, 0.717) is 22.6 Å². The van der Waals surface area contributed by atoms with Crippen LogP contribution in [0.2, 0.25) is 0 Å². The molecule has 3 heterocycles. The number of anilines is 2. The summed E-state index contributed by atoms with van der Waals surface area (Å²) in [5.74, 6) is -2.21. The van der Waals surface area contributed by atoms with E-state index in [1.54, 1.807) is 12.3 Å². The zero-order valence-electron chi connectivity index (χ0n) is 20.8. The van der Waals surface area contributed by atoms with E-state index in [2.05, 4.69) is 25.4 Å². The molecule has 0 bridgehead atoms. The number of amides is 1. The first kappa shape index (κ1) is 25.7. The number of carbonyl (C=O) groups excluding carboxylic acids is 1. The summed E-state index contributed by atoms with van der Waals surface area (Å²) < 4.78 is 31.9. The number of carboxylic acid groups (broad SMARTS) is 1. The molecule has 5 rings (SSSR count). The third-order valence-corrected chi connectivity index (χ3v) is 7.78. The lowest BCUT2D eigenvalue weighted by Crippen LogP contribution is -2.42. The Morgan fingerprint density at radius 3 is 2.47 bits per heavy atom. The lowest BCUT2D eigenvalue weighted by Gasteiger charge is -2.46. The molecule has 9 nitrogen and oxygen atoms in total. The highest BCUT2D eigenvalue weighted by Gasteiger charge is 2.38. The number of nitrogens with zero attached hydrogens (tertiary/aromatic N) is 4. The molecule has 200 valence electrons. The number of piperidine rings is 1. The normalized spacial score (nSPS) is 17.5. The van der Waals surface area contributed by atoms with Crippen LogP contribution in [0, 0.1) is 23.0 Å². The van der Waals surface area contributed by atoms with Gasteiger partial charge in [-0.3, -0.25) is 9.59 Å². The first-order valence-corrected chi connectivity index (χ1v) is 12.8. The van der Waals surface area contributed by atoms with Crippen LogP contribution < -0.4 is 10.2 Å². The number of hydrogen-bond acceptors (Lipinski definition) is 7. The van der Waals surface area contributed by atoms with Crippen molar-refractivity contribution in [1.29, 1.82) is 0 Å². The number of carbonyl (C=O) groups is 2. The minimum absolute atomic E-state index is 0.0633. The zero-order chi connectivity index (χ0) is 26.7. The van der Waals surface area contributed by atoms with E-state index in [4.69, 9.17) is 9.52 Å². The maximum atomic E-state index is 13.4. The molecule has 1 aromatic carbocycles. The number of halogens is 2. The SMILES string of the molecule is O=C(O)CC1CCC2(CC1)CCN(c1ccc(NC(=O)c3nnc(Cc4ccc(F)c(F)c4)o3)cn1)CC2. The number of aliphatic carboxylic acids is 1. The molecule has 2 aromatic heterocycles. The zero-order valence-corrected chi connectivity index (χ0v) is 20.8. The van der Waals surface area contributed by atoms with Gasteiger partial charge in [0.2, 0.25) is 5.89 Å². The Morgan fingerprint density at radius 1 is 1.05 bits per heavy atom. The van der Waals surface area contributed by atoms with Crippen molar-refractivity contribution in [2.45, 2.75) is 51.4 Å². The van der Waals surface area contributed by atoms with Crippen molar-refractivity contribution < 1.29 is 27.9 Å². The van der Waals surface area contributed by atoms with Crippen LogP contribution in [0.15, 0.2) is 40.9 Å². The van der Waals surface area contributed by atoms with Crippen molar-refractivity contribution in [2.75, 3.05) is 23.3 Å². The van der Waals surface area contributed by atoms with Crippen molar-refractivity contribution >= 4 is 23.4 Å². The van der Waals surface area contributed by atoms with Gasteiger partial charge < -0.3 is 19.7 Å². The number of pyridine rings is 1. The smallest absolute Gasteiger partial charge is 0.313 e. The predicted molar refractivity (Wildman–Crippen MR) is 134 cm³/mol.